The van der Waals surface area contributed by atoms with Crippen LogP contribution in [0.1, 0.15) is 64.9 Å². The molecule has 2 fully saturated rings. The van der Waals surface area contributed by atoms with Crippen molar-refractivity contribution in [3.8, 4) is 0 Å². The molecule has 1 aromatic heterocycles. The van der Waals surface area contributed by atoms with Gasteiger partial charge in [0.15, 0.2) is 0 Å². The molecular weight excluding hydrogens is 328 g/mol. The molecule has 2 aliphatic rings. The third kappa shape index (κ3) is 4.10. The lowest BCUT2D eigenvalue weighted by molar-refractivity contribution is -0.139. The molecule has 144 valence electrons. The first-order valence-electron chi connectivity index (χ1n) is 9.84. The van der Waals surface area contributed by atoms with E-state index in [1.54, 1.807) is 4.68 Å². The molecule has 0 unspecified atom stereocenters. The standard InChI is InChI=1S/C20H32N4O2/c1-20(2,3)24-14-16(10-18(24)25)19(26)23(17-8-6-5-7-9-17)13-15-11-21-22(4)12-15/h11-12,16-17H,5-10,13-14H2,1-4H3/t16-/m1/s1. The van der Waals surface area contributed by atoms with E-state index in [0.717, 1.165) is 18.4 Å². The molecule has 0 spiro atoms. The van der Waals surface area contributed by atoms with Gasteiger partial charge in [-0.3, -0.25) is 14.3 Å². The van der Waals surface area contributed by atoms with Crippen LogP contribution in [0.4, 0.5) is 0 Å². The van der Waals surface area contributed by atoms with Gasteiger partial charge in [0.05, 0.1) is 12.1 Å². The third-order valence-corrected chi connectivity index (χ3v) is 5.69. The van der Waals surface area contributed by atoms with E-state index in [2.05, 4.69) is 5.10 Å². The van der Waals surface area contributed by atoms with Crippen LogP contribution in [0.15, 0.2) is 12.4 Å². The van der Waals surface area contributed by atoms with Crippen LogP contribution in [-0.4, -0.2) is 49.5 Å². The van der Waals surface area contributed by atoms with Gasteiger partial charge in [0.1, 0.15) is 0 Å². The quantitative estimate of drug-likeness (QED) is 0.829. The van der Waals surface area contributed by atoms with Crippen molar-refractivity contribution in [3.63, 3.8) is 0 Å². The fourth-order valence-electron chi connectivity index (χ4n) is 4.29. The van der Waals surface area contributed by atoms with Gasteiger partial charge in [-0.2, -0.15) is 5.10 Å². The number of hydrogen-bond acceptors (Lipinski definition) is 3. The van der Waals surface area contributed by atoms with E-state index in [1.165, 1.54) is 19.3 Å². The summed E-state index contributed by atoms with van der Waals surface area (Å²) in [6.45, 7) is 7.24. The number of nitrogens with zero attached hydrogens (tertiary/aromatic N) is 4. The predicted molar refractivity (Wildman–Crippen MR) is 100 cm³/mol. The highest BCUT2D eigenvalue weighted by Gasteiger charge is 2.42. The van der Waals surface area contributed by atoms with Crippen LogP contribution in [0.5, 0.6) is 0 Å². The van der Waals surface area contributed by atoms with Gasteiger partial charge in [-0.1, -0.05) is 19.3 Å². The largest absolute Gasteiger partial charge is 0.337 e. The average Bonchev–Trinajstić information content (AvgIpc) is 3.18. The summed E-state index contributed by atoms with van der Waals surface area (Å²) in [5.41, 5.74) is 0.828. The maximum Gasteiger partial charge on any atom is 0.228 e. The predicted octanol–water partition coefficient (Wildman–Crippen LogP) is 2.73. The average molecular weight is 361 g/mol. The van der Waals surface area contributed by atoms with Crippen LogP contribution >= 0.6 is 0 Å². The Balaban J connectivity index is 1.77. The SMILES string of the molecule is Cn1cc(CN(C(=O)[C@@H]2CC(=O)N(C(C)(C)C)C2)C2CCCCC2)cn1. The second-order valence-electron chi connectivity index (χ2n) is 8.86. The molecule has 1 aliphatic heterocycles. The summed E-state index contributed by atoms with van der Waals surface area (Å²) in [4.78, 5) is 29.7. The fourth-order valence-corrected chi connectivity index (χ4v) is 4.29. The highest BCUT2D eigenvalue weighted by Crippen LogP contribution is 2.30. The minimum Gasteiger partial charge on any atom is -0.337 e. The molecule has 1 saturated heterocycles. The Bertz CT molecular complexity index is 655. The van der Waals surface area contributed by atoms with Crippen LogP contribution in [0.3, 0.4) is 0 Å². The Hall–Kier alpha value is -1.85. The van der Waals surface area contributed by atoms with Gasteiger partial charge in [0.25, 0.3) is 0 Å². The number of aryl methyl sites for hydroxylation is 1. The Labute approximate surface area is 156 Å². The zero-order chi connectivity index (χ0) is 18.9. The zero-order valence-corrected chi connectivity index (χ0v) is 16.6. The Morgan fingerprint density at radius 3 is 2.50 bits per heavy atom. The van der Waals surface area contributed by atoms with E-state index < -0.39 is 0 Å². The molecule has 3 rings (SSSR count). The topological polar surface area (TPSA) is 58.4 Å². The van der Waals surface area contributed by atoms with Crippen LogP contribution in [-0.2, 0) is 23.2 Å². The number of aromatic nitrogens is 2. The van der Waals surface area contributed by atoms with Crippen LogP contribution in [0.2, 0.25) is 0 Å². The van der Waals surface area contributed by atoms with Crippen molar-refractivity contribution in [3.05, 3.63) is 18.0 Å². The van der Waals surface area contributed by atoms with Crippen molar-refractivity contribution in [2.24, 2.45) is 13.0 Å². The number of rotatable bonds is 4. The lowest BCUT2D eigenvalue weighted by Crippen LogP contribution is -2.46. The van der Waals surface area contributed by atoms with E-state index >= 15 is 0 Å². The van der Waals surface area contributed by atoms with Crippen molar-refractivity contribution < 1.29 is 9.59 Å². The normalized spacial score (nSPS) is 22.1. The summed E-state index contributed by atoms with van der Waals surface area (Å²) in [6.07, 6.45) is 9.90. The highest BCUT2D eigenvalue weighted by atomic mass is 16.2. The number of carbonyl (C=O) groups excluding carboxylic acids is 2. The summed E-state index contributed by atoms with van der Waals surface area (Å²) < 4.78 is 1.78. The Kier molecular flexibility index (Phi) is 5.39. The van der Waals surface area contributed by atoms with Crippen molar-refractivity contribution >= 4 is 11.8 Å². The van der Waals surface area contributed by atoms with Crippen LogP contribution in [0, 0.1) is 5.92 Å². The van der Waals surface area contributed by atoms with E-state index in [4.69, 9.17) is 0 Å². The first kappa shape index (κ1) is 18.9. The maximum atomic E-state index is 13.4. The lowest BCUT2D eigenvalue weighted by Gasteiger charge is -2.36. The smallest absolute Gasteiger partial charge is 0.228 e. The second kappa shape index (κ2) is 7.41. The van der Waals surface area contributed by atoms with Crippen molar-refractivity contribution in [1.82, 2.24) is 19.6 Å². The first-order valence-corrected chi connectivity index (χ1v) is 9.84. The molecule has 0 aromatic carbocycles. The Morgan fingerprint density at radius 1 is 1.27 bits per heavy atom. The highest BCUT2D eigenvalue weighted by molar-refractivity contribution is 5.89. The van der Waals surface area contributed by atoms with E-state index in [1.807, 2.05) is 50.0 Å². The summed E-state index contributed by atoms with van der Waals surface area (Å²) in [5, 5.41) is 4.24. The maximum absolute atomic E-state index is 13.4. The number of carbonyl (C=O) groups is 2. The van der Waals surface area contributed by atoms with Gasteiger partial charge < -0.3 is 9.80 Å². The molecule has 0 radical (unpaired) electrons. The van der Waals surface area contributed by atoms with Gasteiger partial charge in [-0.05, 0) is 33.6 Å². The monoisotopic (exact) mass is 360 g/mol. The van der Waals surface area contributed by atoms with Crippen molar-refractivity contribution in [2.45, 2.75) is 77.4 Å². The molecule has 6 nitrogen and oxygen atoms in total. The second-order valence-corrected chi connectivity index (χ2v) is 8.86. The van der Waals surface area contributed by atoms with Gasteiger partial charge >= 0.3 is 0 Å². The minimum absolute atomic E-state index is 0.0980. The van der Waals surface area contributed by atoms with E-state index in [-0.39, 0.29) is 29.3 Å². The summed E-state index contributed by atoms with van der Waals surface area (Å²) in [7, 11) is 1.90. The molecule has 6 heteroatoms. The van der Waals surface area contributed by atoms with Crippen molar-refractivity contribution in [1.29, 1.82) is 0 Å². The molecule has 1 atom stereocenters. The molecule has 2 amide bonds. The molecule has 2 heterocycles. The first-order chi connectivity index (χ1) is 12.3. The number of hydrogen-bond donors (Lipinski definition) is 0. The fraction of sp³-hybridized carbons (Fsp3) is 0.750. The van der Waals surface area contributed by atoms with Crippen molar-refractivity contribution in [2.75, 3.05) is 6.54 Å². The number of amides is 2. The summed E-state index contributed by atoms with van der Waals surface area (Å²) >= 11 is 0. The van der Waals surface area contributed by atoms with Crippen LogP contribution < -0.4 is 0 Å². The molecule has 0 N–H and O–H groups in total. The Morgan fingerprint density at radius 2 is 1.96 bits per heavy atom. The number of likely N-dealkylation sites (tertiary alicyclic amines) is 1. The molecule has 0 bridgehead atoms. The summed E-state index contributed by atoms with van der Waals surface area (Å²) in [6, 6.07) is 0.287. The van der Waals surface area contributed by atoms with Crippen LogP contribution in [0.25, 0.3) is 0 Å². The molecule has 1 aliphatic carbocycles. The lowest BCUT2D eigenvalue weighted by atomic mass is 9.92. The van der Waals surface area contributed by atoms with Gasteiger partial charge in [-0.15, -0.1) is 0 Å². The van der Waals surface area contributed by atoms with E-state index in [0.29, 0.717) is 19.5 Å². The van der Waals surface area contributed by atoms with Gasteiger partial charge in [0.2, 0.25) is 11.8 Å². The molecule has 1 aromatic rings. The summed E-state index contributed by atoms with van der Waals surface area (Å²) in [5.74, 6) is 0.0157. The molecular formula is C20H32N4O2. The van der Waals surface area contributed by atoms with Gasteiger partial charge in [0, 0.05) is 49.9 Å². The zero-order valence-electron chi connectivity index (χ0n) is 16.6. The minimum atomic E-state index is -0.231. The molecule has 1 saturated carbocycles. The third-order valence-electron chi connectivity index (χ3n) is 5.69. The van der Waals surface area contributed by atoms with E-state index in [9.17, 15) is 9.59 Å². The molecule has 26 heavy (non-hydrogen) atoms. The van der Waals surface area contributed by atoms with Gasteiger partial charge in [-0.25, -0.2) is 0 Å².